The molecule has 72 valence electrons. The molecule has 7 heteroatoms. The van der Waals surface area contributed by atoms with Crippen molar-refractivity contribution < 1.29 is 14.5 Å². The van der Waals surface area contributed by atoms with Gasteiger partial charge in [0.2, 0.25) is 0 Å². The van der Waals surface area contributed by atoms with E-state index in [1.54, 1.807) is 0 Å². The molecule has 1 aliphatic rings. The Morgan fingerprint density at radius 2 is 1.87 bits per heavy atom. The molecule has 0 aromatic heterocycles. The molecule has 0 aliphatic carbocycles. The van der Waals surface area contributed by atoms with Crippen molar-refractivity contribution in [3.05, 3.63) is 39.4 Å². The molecule has 2 rings (SSSR count). The first kappa shape index (κ1) is 12.5. The second kappa shape index (κ2) is 4.50. The van der Waals surface area contributed by atoms with Gasteiger partial charge in [-0.3, -0.25) is 25.0 Å². The van der Waals surface area contributed by atoms with E-state index in [2.05, 4.69) is 0 Å². The van der Waals surface area contributed by atoms with Gasteiger partial charge in [0.25, 0.3) is 17.5 Å². The molecule has 0 unspecified atom stereocenters. The van der Waals surface area contributed by atoms with Crippen LogP contribution in [0.5, 0.6) is 0 Å². The second-order valence-electron chi connectivity index (χ2n) is 2.74. The van der Waals surface area contributed by atoms with E-state index in [1.807, 2.05) is 5.32 Å². The molecule has 6 nitrogen and oxygen atoms in total. The Kier molecular flexibility index (Phi) is 3.74. The van der Waals surface area contributed by atoms with Crippen LogP contribution in [0.2, 0.25) is 0 Å². The molecule has 1 aliphatic heterocycles. The minimum atomic E-state index is -0.711. The summed E-state index contributed by atoms with van der Waals surface area (Å²) in [7, 11) is 0. The van der Waals surface area contributed by atoms with Gasteiger partial charge in [-0.2, -0.15) is 0 Å². The molecule has 0 atom stereocenters. The standard InChI is InChI=1S/C8H4N2O4.K.H/c11-7-4-2-1-3-5(10(13)14)6(4)8(12)9-7;;/h1-3H,(H,9,11,12);;. The van der Waals surface area contributed by atoms with Gasteiger partial charge in [0.1, 0.15) is 5.56 Å². The zero-order chi connectivity index (χ0) is 10.3. The third-order valence-corrected chi connectivity index (χ3v) is 1.94. The molecule has 0 fully saturated rings. The van der Waals surface area contributed by atoms with Crippen molar-refractivity contribution in [3.8, 4) is 0 Å². The van der Waals surface area contributed by atoms with Crippen LogP contribution in [0, 0.1) is 10.1 Å². The third kappa shape index (κ3) is 2.01. The first-order valence-corrected chi connectivity index (χ1v) is 3.74. The van der Waals surface area contributed by atoms with Crippen LogP contribution in [0.4, 0.5) is 5.69 Å². The Morgan fingerprint density at radius 1 is 1.20 bits per heavy atom. The van der Waals surface area contributed by atoms with Crippen LogP contribution in [-0.4, -0.2) is 68.1 Å². The van der Waals surface area contributed by atoms with Crippen LogP contribution in [0.25, 0.3) is 0 Å². The fourth-order valence-corrected chi connectivity index (χ4v) is 1.35. The first-order chi connectivity index (χ1) is 6.61. The second-order valence-corrected chi connectivity index (χ2v) is 2.74. The molecule has 1 N–H and O–H groups in total. The Morgan fingerprint density at radius 3 is 2.47 bits per heavy atom. The van der Waals surface area contributed by atoms with Crippen molar-refractivity contribution in [1.29, 1.82) is 0 Å². The number of nitro benzene ring substituents is 1. The van der Waals surface area contributed by atoms with Crippen LogP contribution in [-0.2, 0) is 0 Å². The topological polar surface area (TPSA) is 89.3 Å². The summed E-state index contributed by atoms with van der Waals surface area (Å²) in [4.78, 5) is 32.1. The predicted octanol–water partition coefficient (Wildman–Crippen LogP) is -0.170. The van der Waals surface area contributed by atoms with Crippen molar-refractivity contribution in [3.63, 3.8) is 0 Å². The van der Waals surface area contributed by atoms with Crippen LogP contribution in [0.3, 0.4) is 0 Å². The van der Waals surface area contributed by atoms with Gasteiger partial charge < -0.3 is 0 Å². The van der Waals surface area contributed by atoms with Crippen LogP contribution in [0.15, 0.2) is 18.2 Å². The number of nitro groups is 1. The van der Waals surface area contributed by atoms with Gasteiger partial charge in [-0.05, 0) is 6.07 Å². The van der Waals surface area contributed by atoms with Crippen molar-refractivity contribution >= 4 is 68.9 Å². The van der Waals surface area contributed by atoms with Gasteiger partial charge in [0.05, 0.1) is 10.5 Å². The summed E-state index contributed by atoms with van der Waals surface area (Å²) in [6, 6.07) is 3.94. The fourth-order valence-electron chi connectivity index (χ4n) is 1.35. The summed E-state index contributed by atoms with van der Waals surface area (Å²) in [6.45, 7) is 0. The third-order valence-electron chi connectivity index (χ3n) is 1.94. The van der Waals surface area contributed by atoms with Crippen molar-refractivity contribution in [2.45, 2.75) is 0 Å². The van der Waals surface area contributed by atoms with E-state index >= 15 is 0 Å². The molecule has 1 aromatic carbocycles. The van der Waals surface area contributed by atoms with Gasteiger partial charge in [-0.1, -0.05) is 6.07 Å². The number of fused-ring (bicyclic) bond motifs is 1. The number of imide groups is 1. The van der Waals surface area contributed by atoms with Crippen LogP contribution < -0.4 is 5.32 Å². The number of hydrogen-bond donors (Lipinski definition) is 1. The van der Waals surface area contributed by atoms with Gasteiger partial charge in [-0.15, -0.1) is 0 Å². The summed E-state index contributed by atoms with van der Waals surface area (Å²) in [5.74, 6) is -1.30. The summed E-state index contributed by atoms with van der Waals surface area (Å²) in [5.41, 5.74) is -0.433. The van der Waals surface area contributed by atoms with E-state index in [9.17, 15) is 19.7 Å². The number of hydrogen-bond acceptors (Lipinski definition) is 4. The average molecular weight is 232 g/mol. The Balaban J connectivity index is 0.00000112. The molecule has 2 amide bonds. The number of carbonyl (C=O) groups excluding carboxylic acids is 2. The Hall–Kier alpha value is -0.604. The van der Waals surface area contributed by atoms with Gasteiger partial charge in [0, 0.05) is 6.07 Å². The quantitative estimate of drug-likeness (QED) is 0.315. The Bertz CT molecular complexity index is 472. The van der Waals surface area contributed by atoms with Crippen molar-refractivity contribution in [2.75, 3.05) is 0 Å². The molecule has 1 heterocycles. The number of nitrogens with zero attached hydrogens (tertiary/aromatic N) is 1. The summed E-state index contributed by atoms with van der Waals surface area (Å²) >= 11 is 0. The predicted molar refractivity (Wildman–Crippen MR) is 52.0 cm³/mol. The van der Waals surface area contributed by atoms with Crippen LogP contribution in [0.1, 0.15) is 20.7 Å². The minimum absolute atomic E-state index is 0. The number of amides is 2. The number of benzene rings is 1. The van der Waals surface area contributed by atoms with Gasteiger partial charge in [-0.25, -0.2) is 0 Å². The van der Waals surface area contributed by atoms with Crippen LogP contribution >= 0.6 is 0 Å². The van der Waals surface area contributed by atoms with E-state index in [-0.39, 0.29) is 68.2 Å². The molecule has 0 bridgehead atoms. The van der Waals surface area contributed by atoms with Crippen molar-refractivity contribution in [1.82, 2.24) is 5.32 Å². The first-order valence-electron chi connectivity index (χ1n) is 3.74. The van der Waals surface area contributed by atoms with E-state index in [0.29, 0.717) is 0 Å². The molecule has 0 radical (unpaired) electrons. The van der Waals surface area contributed by atoms with Gasteiger partial charge >= 0.3 is 51.4 Å². The molecule has 0 spiro atoms. The monoisotopic (exact) mass is 232 g/mol. The van der Waals surface area contributed by atoms with E-state index in [4.69, 9.17) is 0 Å². The molecule has 1 aromatic rings. The van der Waals surface area contributed by atoms with E-state index in [1.165, 1.54) is 18.2 Å². The number of rotatable bonds is 1. The molecule has 0 saturated carbocycles. The molecular formula is C8H5KN2O4. The molecule has 15 heavy (non-hydrogen) atoms. The average Bonchev–Trinajstić information content (AvgIpc) is 2.43. The number of carbonyl (C=O) groups is 2. The maximum atomic E-state index is 11.2. The zero-order valence-corrected chi connectivity index (χ0v) is 6.81. The van der Waals surface area contributed by atoms with E-state index in [0.717, 1.165) is 0 Å². The van der Waals surface area contributed by atoms with Crippen molar-refractivity contribution in [2.24, 2.45) is 0 Å². The van der Waals surface area contributed by atoms with Gasteiger partial charge in [0.15, 0.2) is 0 Å². The summed E-state index contributed by atoms with van der Waals surface area (Å²) in [5, 5.41) is 12.5. The summed E-state index contributed by atoms with van der Waals surface area (Å²) < 4.78 is 0. The zero-order valence-electron chi connectivity index (χ0n) is 6.81. The van der Waals surface area contributed by atoms with E-state index < -0.39 is 16.7 Å². The molecule has 0 saturated heterocycles. The Labute approximate surface area is 127 Å². The normalized spacial score (nSPS) is 12.8. The molecular weight excluding hydrogens is 227 g/mol. The summed E-state index contributed by atoms with van der Waals surface area (Å²) in [6.07, 6.45) is 0. The SMILES string of the molecule is O=C1NC(=O)c2c1cccc2[N+](=O)[O-].[KH]. The maximum absolute atomic E-state index is 11.2. The number of nitrogens with one attached hydrogen (secondary N) is 1. The fraction of sp³-hybridized carbons (Fsp3) is 0.